The van der Waals surface area contributed by atoms with Crippen LogP contribution in [0.1, 0.15) is 19.8 Å². The van der Waals surface area contributed by atoms with E-state index in [1.165, 1.54) is 0 Å². The molecule has 1 aromatic heterocycles. The van der Waals surface area contributed by atoms with Gasteiger partial charge in [0.25, 0.3) is 0 Å². The number of benzene rings is 1. The van der Waals surface area contributed by atoms with E-state index in [9.17, 15) is 4.79 Å². The molecular formula is C13H15BrN2O. The van der Waals surface area contributed by atoms with Crippen LogP contribution >= 0.6 is 15.9 Å². The lowest BCUT2D eigenvalue weighted by molar-refractivity contribution is 0.243. The molecule has 1 heterocycles. The fourth-order valence-corrected chi connectivity index (χ4v) is 2.13. The number of aromatic nitrogens is 1. The smallest absolute Gasteiger partial charge is 0.326 e. The van der Waals surface area contributed by atoms with Crippen molar-refractivity contribution in [1.82, 2.24) is 9.88 Å². The van der Waals surface area contributed by atoms with Gasteiger partial charge in [0.05, 0.1) is 5.52 Å². The highest BCUT2D eigenvalue weighted by Crippen LogP contribution is 2.20. The minimum atomic E-state index is -0.0595. The van der Waals surface area contributed by atoms with Gasteiger partial charge in [0.2, 0.25) is 0 Å². The van der Waals surface area contributed by atoms with Gasteiger partial charge >= 0.3 is 6.03 Å². The number of carbonyl (C=O) groups excluding carboxylic acids is 1. The molecule has 0 saturated heterocycles. The van der Waals surface area contributed by atoms with Crippen LogP contribution < -0.4 is 5.32 Å². The number of rotatable bonds is 3. The van der Waals surface area contributed by atoms with Crippen molar-refractivity contribution < 1.29 is 4.79 Å². The van der Waals surface area contributed by atoms with E-state index in [0.717, 1.165) is 34.8 Å². The summed E-state index contributed by atoms with van der Waals surface area (Å²) in [4.78, 5) is 11.9. The van der Waals surface area contributed by atoms with E-state index in [4.69, 9.17) is 0 Å². The number of hydrogen-bond donors (Lipinski definition) is 1. The van der Waals surface area contributed by atoms with Gasteiger partial charge in [-0.15, -0.1) is 0 Å². The van der Waals surface area contributed by atoms with E-state index < -0.39 is 0 Å². The number of halogens is 1. The number of hydrogen-bond acceptors (Lipinski definition) is 1. The van der Waals surface area contributed by atoms with Gasteiger partial charge in [-0.05, 0) is 30.7 Å². The molecular weight excluding hydrogens is 280 g/mol. The first-order chi connectivity index (χ1) is 8.22. The van der Waals surface area contributed by atoms with Gasteiger partial charge in [0, 0.05) is 22.6 Å². The number of amides is 1. The lowest BCUT2D eigenvalue weighted by atomic mass is 10.2. The summed E-state index contributed by atoms with van der Waals surface area (Å²) >= 11 is 3.42. The minimum Gasteiger partial charge on any atom is -0.337 e. The topological polar surface area (TPSA) is 34.0 Å². The summed E-state index contributed by atoms with van der Waals surface area (Å²) in [6, 6.07) is 7.78. The van der Waals surface area contributed by atoms with Gasteiger partial charge in [-0.1, -0.05) is 29.3 Å². The Morgan fingerprint density at radius 1 is 1.41 bits per heavy atom. The van der Waals surface area contributed by atoms with E-state index in [-0.39, 0.29) is 6.03 Å². The monoisotopic (exact) mass is 294 g/mol. The highest BCUT2D eigenvalue weighted by Gasteiger charge is 2.07. The lowest BCUT2D eigenvalue weighted by Gasteiger charge is -2.06. The highest BCUT2D eigenvalue weighted by molar-refractivity contribution is 9.10. The molecule has 0 aliphatic carbocycles. The highest BCUT2D eigenvalue weighted by atomic mass is 79.9. The molecule has 0 spiro atoms. The summed E-state index contributed by atoms with van der Waals surface area (Å²) in [5.74, 6) is 0. The van der Waals surface area contributed by atoms with E-state index in [0.29, 0.717) is 0 Å². The Kier molecular flexibility index (Phi) is 3.84. The van der Waals surface area contributed by atoms with Crippen LogP contribution in [0.5, 0.6) is 0 Å². The summed E-state index contributed by atoms with van der Waals surface area (Å²) in [7, 11) is 0. The predicted molar refractivity (Wildman–Crippen MR) is 73.3 cm³/mol. The first kappa shape index (κ1) is 12.2. The summed E-state index contributed by atoms with van der Waals surface area (Å²) in [5, 5.41) is 3.97. The Hall–Kier alpha value is -1.29. The third-order valence-corrected chi connectivity index (χ3v) is 3.17. The Balaban J connectivity index is 2.21. The summed E-state index contributed by atoms with van der Waals surface area (Å²) < 4.78 is 2.67. The Morgan fingerprint density at radius 3 is 3.00 bits per heavy atom. The molecule has 1 amide bonds. The van der Waals surface area contributed by atoms with Crippen LogP contribution in [0.4, 0.5) is 4.79 Å². The van der Waals surface area contributed by atoms with Crippen molar-refractivity contribution >= 4 is 32.9 Å². The van der Waals surface area contributed by atoms with Crippen molar-refractivity contribution in [2.24, 2.45) is 0 Å². The molecule has 4 heteroatoms. The number of nitrogens with one attached hydrogen (secondary N) is 1. The van der Waals surface area contributed by atoms with Crippen molar-refractivity contribution in [1.29, 1.82) is 0 Å². The van der Waals surface area contributed by atoms with Crippen molar-refractivity contribution in [2.75, 3.05) is 6.54 Å². The first-order valence-corrected chi connectivity index (χ1v) is 6.56. The third kappa shape index (κ3) is 2.69. The van der Waals surface area contributed by atoms with Crippen LogP contribution in [0.15, 0.2) is 34.9 Å². The molecule has 2 rings (SSSR count). The number of unbranched alkanes of at least 4 members (excludes halogenated alkanes) is 1. The molecule has 0 atom stereocenters. The zero-order chi connectivity index (χ0) is 12.3. The molecule has 0 bridgehead atoms. The Bertz CT molecular complexity index is 533. The number of carbonyl (C=O) groups is 1. The van der Waals surface area contributed by atoms with Gasteiger partial charge < -0.3 is 5.32 Å². The van der Waals surface area contributed by atoms with E-state index in [1.54, 1.807) is 10.8 Å². The van der Waals surface area contributed by atoms with Crippen LogP contribution in [0.2, 0.25) is 0 Å². The van der Waals surface area contributed by atoms with Crippen LogP contribution in [0.25, 0.3) is 10.9 Å². The average Bonchev–Trinajstić information content (AvgIpc) is 2.72. The van der Waals surface area contributed by atoms with Gasteiger partial charge in [0.1, 0.15) is 0 Å². The molecule has 3 nitrogen and oxygen atoms in total. The van der Waals surface area contributed by atoms with Crippen LogP contribution in [0.3, 0.4) is 0 Å². The maximum absolute atomic E-state index is 11.9. The third-order valence-electron chi connectivity index (χ3n) is 2.68. The maximum Gasteiger partial charge on any atom is 0.326 e. The van der Waals surface area contributed by atoms with Crippen molar-refractivity contribution in [2.45, 2.75) is 19.8 Å². The SMILES string of the molecule is CCCCNC(=O)n1ccc2cc(Br)ccc21. The van der Waals surface area contributed by atoms with Gasteiger partial charge in [-0.2, -0.15) is 0 Å². The molecule has 2 aromatic rings. The predicted octanol–water partition coefficient (Wildman–Crippen LogP) is 3.76. The van der Waals surface area contributed by atoms with Gasteiger partial charge in [-0.25, -0.2) is 4.79 Å². The van der Waals surface area contributed by atoms with E-state index in [2.05, 4.69) is 28.2 Å². The summed E-state index contributed by atoms with van der Waals surface area (Å²) in [6.07, 6.45) is 3.90. The first-order valence-electron chi connectivity index (χ1n) is 5.77. The second-order valence-corrected chi connectivity index (χ2v) is 4.89. The molecule has 0 unspecified atom stereocenters. The molecule has 0 saturated carbocycles. The van der Waals surface area contributed by atoms with Crippen LogP contribution in [-0.2, 0) is 0 Å². The average molecular weight is 295 g/mol. The summed E-state index contributed by atoms with van der Waals surface area (Å²) in [6.45, 7) is 2.83. The standard InChI is InChI=1S/C13H15BrN2O/c1-2-3-7-15-13(17)16-8-6-10-9-11(14)4-5-12(10)16/h4-6,8-9H,2-3,7H2,1H3,(H,15,17). The van der Waals surface area contributed by atoms with Gasteiger partial charge in [0.15, 0.2) is 0 Å². The number of nitrogens with zero attached hydrogens (tertiary/aromatic N) is 1. The van der Waals surface area contributed by atoms with Crippen LogP contribution in [0, 0.1) is 0 Å². The fraction of sp³-hybridized carbons (Fsp3) is 0.308. The molecule has 17 heavy (non-hydrogen) atoms. The largest absolute Gasteiger partial charge is 0.337 e. The zero-order valence-electron chi connectivity index (χ0n) is 9.74. The molecule has 1 aromatic carbocycles. The van der Waals surface area contributed by atoms with Crippen molar-refractivity contribution in [3.63, 3.8) is 0 Å². The van der Waals surface area contributed by atoms with E-state index in [1.807, 2.05) is 24.3 Å². The molecule has 0 aliphatic rings. The van der Waals surface area contributed by atoms with Gasteiger partial charge in [-0.3, -0.25) is 4.57 Å². The summed E-state index contributed by atoms with van der Waals surface area (Å²) in [5.41, 5.74) is 0.933. The minimum absolute atomic E-state index is 0.0595. The molecule has 0 fully saturated rings. The zero-order valence-corrected chi connectivity index (χ0v) is 11.3. The Morgan fingerprint density at radius 2 is 2.24 bits per heavy atom. The van der Waals surface area contributed by atoms with Crippen LogP contribution in [-0.4, -0.2) is 17.1 Å². The molecule has 90 valence electrons. The van der Waals surface area contributed by atoms with Crippen molar-refractivity contribution in [3.8, 4) is 0 Å². The fourth-order valence-electron chi connectivity index (χ4n) is 1.75. The normalized spacial score (nSPS) is 10.7. The lowest BCUT2D eigenvalue weighted by Crippen LogP contribution is -2.28. The van der Waals surface area contributed by atoms with Crippen molar-refractivity contribution in [3.05, 3.63) is 34.9 Å². The quantitative estimate of drug-likeness (QED) is 0.859. The molecule has 1 N–H and O–H groups in total. The second kappa shape index (κ2) is 5.36. The molecule has 0 aliphatic heterocycles. The molecule has 0 radical (unpaired) electrons. The number of fused-ring (bicyclic) bond motifs is 1. The maximum atomic E-state index is 11.9. The van der Waals surface area contributed by atoms with E-state index >= 15 is 0 Å². The second-order valence-electron chi connectivity index (χ2n) is 3.97. The Labute approximate surface area is 109 Å².